The van der Waals surface area contributed by atoms with E-state index in [-0.39, 0.29) is 11.7 Å². The van der Waals surface area contributed by atoms with Crippen molar-refractivity contribution >= 4 is 0 Å². The fraction of sp³-hybridized carbons (Fsp3) is 0.318. The topological polar surface area (TPSA) is 36.3 Å². The molecule has 4 rings (SSSR count). The van der Waals surface area contributed by atoms with Crippen LogP contribution in [0.15, 0.2) is 60.7 Å². The van der Waals surface area contributed by atoms with Crippen LogP contribution >= 0.6 is 0 Å². The molecule has 1 aromatic heterocycles. The standard InChI is InChI=1S/C22H24N2O2/c1-4-25-18-15-22(2,3)19-20(16-11-7-5-8-12-16)23-24(21(19)26-18)17-13-9-6-10-14-17/h5-14,18H,4,15H2,1-3H3/t18-/m1/s1. The second-order valence-electron chi connectivity index (χ2n) is 7.23. The van der Waals surface area contributed by atoms with E-state index in [1.807, 2.05) is 60.1 Å². The van der Waals surface area contributed by atoms with Gasteiger partial charge >= 0.3 is 0 Å². The molecule has 0 unspecified atom stereocenters. The summed E-state index contributed by atoms with van der Waals surface area (Å²) in [5.41, 5.74) is 4.10. The highest BCUT2D eigenvalue weighted by molar-refractivity contribution is 5.68. The average Bonchev–Trinajstić information content (AvgIpc) is 3.04. The molecule has 0 saturated heterocycles. The quantitative estimate of drug-likeness (QED) is 0.668. The van der Waals surface area contributed by atoms with Gasteiger partial charge in [-0.15, -0.1) is 0 Å². The van der Waals surface area contributed by atoms with Crippen LogP contribution in [0.3, 0.4) is 0 Å². The summed E-state index contributed by atoms with van der Waals surface area (Å²) in [5, 5.41) is 4.96. The Morgan fingerprint density at radius 2 is 1.73 bits per heavy atom. The van der Waals surface area contributed by atoms with Crippen LogP contribution in [-0.4, -0.2) is 22.7 Å². The van der Waals surface area contributed by atoms with E-state index < -0.39 is 0 Å². The van der Waals surface area contributed by atoms with Gasteiger partial charge in [0.05, 0.1) is 5.69 Å². The second kappa shape index (κ2) is 6.61. The zero-order valence-corrected chi connectivity index (χ0v) is 15.5. The Bertz CT molecular complexity index is 885. The number of fused-ring (bicyclic) bond motifs is 1. The monoisotopic (exact) mass is 348 g/mol. The molecule has 134 valence electrons. The van der Waals surface area contributed by atoms with Crippen molar-refractivity contribution in [2.75, 3.05) is 6.61 Å². The number of benzene rings is 2. The summed E-state index contributed by atoms with van der Waals surface area (Å²) in [6.07, 6.45) is 0.541. The molecule has 26 heavy (non-hydrogen) atoms. The fourth-order valence-corrected chi connectivity index (χ4v) is 3.63. The van der Waals surface area contributed by atoms with Gasteiger partial charge in [-0.2, -0.15) is 5.10 Å². The molecule has 1 atom stereocenters. The Balaban J connectivity index is 1.94. The normalized spacial score (nSPS) is 18.2. The zero-order valence-electron chi connectivity index (χ0n) is 15.5. The van der Waals surface area contributed by atoms with E-state index in [1.165, 1.54) is 0 Å². The summed E-state index contributed by atoms with van der Waals surface area (Å²) < 4.78 is 14.0. The molecule has 2 heterocycles. The molecule has 3 aromatic rings. The Hall–Kier alpha value is -2.59. The number of hydrogen-bond acceptors (Lipinski definition) is 3. The van der Waals surface area contributed by atoms with E-state index in [0.717, 1.165) is 34.8 Å². The van der Waals surface area contributed by atoms with E-state index in [9.17, 15) is 0 Å². The van der Waals surface area contributed by atoms with E-state index >= 15 is 0 Å². The predicted molar refractivity (Wildman–Crippen MR) is 103 cm³/mol. The predicted octanol–water partition coefficient (Wildman–Crippen LogP) is 4.96. The van der Waals surface area contributed by atoms with Crippen molar-refractivity contribution in [2.24, 2.45) is 0 Å². The Labute approximate surface area is 154 Å². The minimum Gasteiger partial charge on any atom is -0.447 e. The summed E-state index contributed by atoms with van der Waals surface area (Å²) in [7, 11) is 0. The Kier molecular flexibility index (Phi) is 4.29. The third kappa shape index (κ3) is 2.90. The van der Waals surface area contributed by atoms with Gasteiger partial charge in [-0.1, -0.05) is 62.4 Å². The number of hydrogen-bond donors (Lipinski definition) is 0. The summed E-state index contributed by atoms with van der Waals surface area (Å²) in [6.45, 7) is 7.10. The summed E-state index contributed by atoms with van der Waals surface area (Å²) in [5.74, 6) is 0.782. The first-order chi connectivity index (χ1) is 12.6. The van der Waals surface area contributed by atoms with Gasteiger partial charge in [-0.25, -0.2) is 4.68 Å². The molecule has 4 nitrogen and oxygen atoms in total. The van der Waals surface area contributed by atoms with Crippen molar-refractivity contribution in [3.8, 4) is 22.8 Å². The van der Waals surface area contributed by atoms with Gasteiger partial charge in [-0.05, 0) is 19.1 Å². The lowest BCUT2D eigenvalue weighted by molar-refractivity contribution is -0.103. The molecule has 0 aliphatic carbocycles. The van der Waals surface area contributed by atoms with Gasteiger partial charge in [0.25, 0.3) is 0 Å². The Morgan fingerprint density at radius 3 is 2.38 bits per heavy atom. The van der Waals surface area contributed by atoms with Crippen molar-refractivity contribution in [1.29, 1.82) is 0 Å². The van der Waals surface area contributed by atoms with Gasteiger partial charge in [0, 0.05) is 29.6 Å². The molecule has 1 aliphatic rings. The molecule has 1 aliphatic heterocycles. The van der Waals surface area contributed by atoms with Crippen LogP contribution in [0.5, 0.6) is 5.88 Å². The third-order valence-electron chi connectivity index (χ3n) is 4.84. The fourth-order valence-electron chi connectivity index (χ4n) is 3.63. The molecule has 0 amide bonds. The number of para-hydroxylation sites is 1. The molecule has 0 fully saturated rings. The van der Waals surface area contributed by atoms with Crippen LogP contribution in [0.25, 0.3) is 16.9 Å². The average molecular weight is 348 g/mol. The van der Waals surface area contributed by atoms with Crippen LogP contribution in [0.4, 0.5) is 0 Å². The van der Waals surface area contributed by atoms with Crippen molar-refractivity contribution in [2.45, 2.75) is 38.9 Å². The molecule has 0 bridgehead atoms. The maximum atomic E-state index is 6.27. The highest BCUT2D eigenvalue weighted by Gasteiger charge is 2.41. The molecular weight excluding hydrogens is 324 g/mol. The number of nitrogens with zero attached hydrogens (tertiary/aromatic N) is 2. The van der Waals surface area contributed by atoms with Crippen LogP contribution in [0, 0.1) is 0 Å². The molecule has 0 spiro atoms. The lowest BCUT2D eigenvalue weighted by atomic mass is 9.78. The van der Waals surface area contributed by atoms with Crippen LogP contribution in [0.1, 0.15) is 32.8 Å². The summed E-state index contributed by atoms with van der Waals surface area (Å²) in [6, 6.07) is 20.4. The lowest BCUT2D eigenvalue weighted by Gasteiger charge is -2.35. The van der Waals surface area contributed by atoms with E-state index in [4.69, 9.17) is 14.6 Å². The van der Waals surface area contributed by atoms with Gasteiger partial charge in [0.2, 0.25) is 12.2 Å². The van der Waals surface area contributed by atoms with Crippen molar-refractivity contribution in [1.82, 2.24) is 9.78 Å². The van der Waals surface area contributed by atoms with E-state index in [1.54, 1.807) is 0 Å². The van der Waals surface area contributed by atoms with Crippen molar-refractivity contribution in [3.05, 3.63) is 66.2 Å². The number of rotatable bonds is 4. The smallest absolute Gasteiger partial charge is 0.223 e. The van der Waals surface area contributed by atoms with Crippen molar-refractivity contribution < 1.29 is 9.47 Å². The number of ether oxygens (including phenoxy) is 2. The highest BCUT2D eigenvalue weighted by atomic mass is 16.7. The summed E-state index contributed by atoms with van der Waals surface area (Å²) in [4.78, 5) is 0. The number of aromatic nitrogens is 2. The highest BCUT2D eigenvalue weighted by Crippen LogP contribution is 2.47. The maximum Gasteiger partial charge on any atom is 0.223 e. The lowest BCUT2D eigenvalue weighted by Crippen LogP contribution is -2.36. The van der Waals surface area contributed by atoms with Crippen LogP contribution in [-0.2, 0) is 10.2 Å². The maximum absolute atomic E-state index is 6.27. The molecule has 0 N–H and O–H groups in total. The largest absolute Gasteiger partial charge is 0.447 e. The molecular formula is C22H24N2O2. The first kappa shape index (κ1) is 16.9. The second-order valence-corrected chi connectivity index (χ2v) is 7.23. The first-order valence-electron chi connectivity index (χ1n) is 9.13. The molecule has 0 radical (unpaired) electrons. The minimum atomic E-state index is -0.259. The molecule has 2 aromatic carbocycles. The van der Waals surface area contributed by atoms with E-state index in [0.29, 0.717) is 6.61 Å². The zero-order chi connectivity index (χ0) is 18.1. The van der Waals surface area contributed by atoms with Crippen LogP contribution in [0.2, 0.25) is 0 Å². The van der Waals surface area contributed by atoms with Gasteiger partial charge < -0.3 is 9.47 Å². The van der Waals surface area contributed by atoms with Gasteiger partial charge in [0.15, 0.2) is 0 Å². The SMILES string of the molecule is CCO[C@H]1CC(C)(C)c2c(-c3ccccc3)nn(-c3ccccc3)c2O1. The van der Waals surface area contributed by atoms with Gasteiger partial charge in [0.1, 0.15) is 5.69 Å². The van der Waals surface area contributed by atoms with Crippen LogP contribution < -0.4 is 4.74 Å². The molecule has 0 saturated carbocycles. The summed E-state index contributed by atoms with van der Waals surface area (Å²) >= 11 is 0. The first-order valence-corrected chi connectivity index (χ1v) is 9.13. The van der Waals surface area contributed by atoms with Gasteiger partial charge in [-0.3, -0.25) is 0 Å². The molecule has 4 heteroatoms. The van der Waals surface area contributed by atoms with E-state index in [2.05, 4.69) is 26.0 Å². The van der Waals surface area contributed by atoms with Crippen molar-refractivity contribution in [3.63, 3.8) is 0 Å². The minimum absolute atomic E-state index is 0.106. The Morgan fingerprint density at radius 1 is 1.08 bits per heavy atom. The third-order valence-corrected chi connectivity index (χ3v) is 4.84.